The van der Waals surface area contributed by atoms with Crippen molar-refractivity contribution < 1.29 is 9.53 Å². The molecule has 0 bridgehead atoms. The van der Waals surface area contributed by atoms with E-state index in [4.69, 9.17) is 4.74 Å². The van der Waals surface area contributed by atoms with Crippen LogP contribution in [0.25, 0.3) is 0 Å². The van der Waals surface area contributed by atoms with E-state index in [1.165, 1.54) is 0 Å². The van der Waals surface area contributed by atoms with Gasteiger partial charge < -0.3 is 10.1 Å². The lowest BCUT2D eigenvalue weighted by Crippen LogP contribution is -2.33. The van der Waals surface area contributed by atoms with Crippen LogP contribution >= 0.6 is 0 Å². The summed E-state index contributed by atoms with van der Waals surface area (Å²) < 4.78 is 5.26. The molecular weight excluding hydrogens is 250 g/mol. The topological polar surface area (TPSA) is 38.3 Å². The second kappa shape index (κ2) is 7.32. The number of carbonyl (C=O) groups excluding carboxylic acids is 1. The molecule has 112 valence electrons. The average Bonchev–Trinajstić information content (AvgIpc) is 2.38. The zero-order valence-electron chi connectivity index (χ0n) is 13.5. The molecule has 1 amide bonds. The van der Waals surface area contributed by atoms with Gasteiger partial charge in [-0.2, -0.15) is 0 Å². The van der Waals surface area contributed by atoms with E-state index in [1.54, 1.807) is 13.2 Å². The monoisotopic (exact) mass is 277 g/mol. The SMILES string of the molecule is COc1cc(C(=O)NCC(C(C)C)C(C)C)ccc1C. The van der Waals surface area contributed by atoms with Crippen LogP contribution in [0.5, 0.6) is 5.75 Å². The summed E-state index contributed by atoms with van der Waals surface area (Å²) in [5.41, 5.74) is 1.69. The van der Waals surface area contributed by atoms with Crippen LogP contribution in [0.4, 0.5) is 0 Å². The highest BCUT2D eigenvalue weighted by atomic mass is 16.5. The number of rotatable bonds is 6. The first-order valence-electron chi connectivity index (χ1n) is 7.29. The van der Waals surface area contributed by atoms with Crippen molar-refractivity contribution >= 4 is 5.91 Å². The number of amides is 1. The number of ether oxygens (including phenoxy) is 1. The molecular formula is C17H27NO2. The van der Waals surface area contributed by atoms with E-state index in [9.17, 15) is 4.79 Å². The van der Waals surface area contributed by atoms with Gasteiger partial charge >= 0.3 is 0 Å². The van der Waals surface area contributed by atoms with E-state index in [0.717, 1.165) is 11.3 Å². The second-order valence-electron chi connectivity index (χ2n) is 6.05. The summed E-state index contributed by atoms with van der Waals surface area (Å²) in [6.45, 7) is 11.5. The maximum Gasteiger partial charge on any atom is 0.251 e. The Morgan fingerprint density at radius 1 is 1.20 bits per heavy atom. The fourth-order valence-corrected chi connectivity index (χ4v) is 2.52. The van der Waals surface area contributed by atoms with Crippen molar-refractivity contribution in [1.29, 1.82) is 0 Å². The third-order valence-electron chi connectivity index (χ3n) is 3.88. The largest absolute Gasteiger partial charge is 0.496 e. The zero-order chi connectivity index (χ0) is 15.3. The van der Waals surface area contributed by atoms with E-state index in [0.29, 0.717) is 29.9 Å². The molecule has 3 nitrogen and oxygen atoms in total. The Kier molecular flexibility index (Phi) is 6.05. The molecule has 0 saturated heterocycles. The van der Waals surface area contributed by atoms with Crippen LogP contribution < -0.4 is 10.1 Å². The third kappa shape index (κ3) is 4.26. The van der Waals surface area contributed by atoms with Gasteiger partial charge in [0.05, 0.1) is 7.11 Å². The van der Waals surface area contributed by atoms with Crippen molar-refractivity contribution in [2.45, 2.75) is 34.6 Å². The Balaban J connectivity index is 2.72. The highest BCUT2D eigenvalue weighted by Gasteiger charge is 2.18. The summed E-state index contributed by atoms with van der Waals surface area (Å²) in [5, 5.41) is 3.04. The minimum Gasteiger partial charge on any atom is -0.496 e. The predicted octanol–water partition coefficient (Wildman–Crippen LogP) is 3.66. The predicted molar refractivity (Wildman–Crippen MR) is 83.2 cm³/mol. The first-order valence-corrected chi connectivity index (χ1v) is 7.29. The number of benzene rings is 1. The van der Waals surface area contributed by atoms with Gasteiger partial charge in [0.25, 0.3) is 5.91 Å². The van der Waals surface area contributed by atoms with E-state index in [1.807, 2.05) is 19.1 Å². The second-order valence-corrected chi connectivity index (χ2v) is 6.05. The molecule has 1 N–H and O–H groups in total. The molecule has 0 aliphatic heterocycles. The van der Waals surface area contributed by atoms with Crippen LogP contribution in [0, 0.1) is 24.7 Å². The third-order valence-corrected chi connectivity index (χ3v) is 3.88. The Labute approximate surface area is 122 Å². The lowest BCUT2D eigenvalue weighted by Gasteiger charge is -2.25. The molecule has 0 atom stereocenters. The molecule has 1 aromatic rings. The molecule has 0 heterocycles. The van der Waals surface area contributed by atoms with Gasteiger partial charge in [-0.1, -0.05) is 33.8 Å². The molecule has 0 aromatic heterocycles. The van der Waals surface area contributed by atoms with Gasteiger partial charge in [-0.25, -0.2) is 0 Å². The smallest absolute Gasteiger partial charge is 0.251 e. The van der Waals surface area contributed by atoms with Gasteiger partial charge in [0.2, 0.25) is 0 Å². The van der Waals surface area contributed by atoms with Gasteiger partial charge in [-0.3, -0.25) is 4.79 Å². The molecule has 20 heavy (non-hydrogen) atoms. The highest BCUT2D eigenvalue weighted by Crippen LogP contribution is 2.21. The van der Waals surface area contributed by atoms with Crippen molar-refractivity contribution in [1.82, 2.24) is 5.32 Å². The van der Waals surface area contributed by atoms with Gasteiger partial charge in [-0.05, 0) is 42.4 Å². The minimum atomic E-state index is -0.0328. The fourth-order valence-electron chi connectivity index (χ4n) is 2.52. The quantitative estimate of drug-likeness (QED) is 0.861. The first-order chi connectivity index (χ1) is 9.36. The zero-order valence-corrected chi connectivity index (χ0v) is 13.5. The van der Waals surface area contributed by atoms with Gasteiger partial charge in [0.15, 0.2) is 0 Å². The fraction of sp³-hybridized carbons (Fsp3) is 0.588. The Bertz CT molecular complexity index is 444. The number of aryl methyl sites for hydroxylation is 1. The highest BCUT2D eigenvalue weighted by molar-refractivity contribution is 5.94. The van der Waals surface area contributed by atoms with Crippen LogP contribution in [0.3, 0.4) is 0 Å². The van der Waals surface area contributed by atoms with Crippen LogP contribution in [-0.2, 0) is 0 Å². The van der Waals surface area contributed by atoms with Crippen molar-refractivity contribution in [3.63, 3.8) is 0 Å². The molecule has 1 rings (SSSR count). The average molecular weight is 277 g/mol. The molecule has 0 unspecified atom stereocenters. The molecule has 3 heteroatoms. The number of nitrogens with one attached hydrogen (secondary N) is 1. The lowest BCUT2D eigenvalue weighted by molar-refractivity contribution is 0.0937. The summed E-state index contributed by atoms with van der Waals surface area (Å²) in [6, 6.07) is 5.55. The molecule has 0 spiro atoms. The van der Waals surface area contributed by atoms with Crippen LogP contribution in [0.2, 0.25) is 0 Å². The van der Waals surface area contributed by atoms with Crippen molar-refractivity contribution in [2.24, 2.45) is 17.8 Å². The van der Waals surface area contributed by atoms with E-state index >= 15 is 0 Å². The lowest BCUT2D eigenvalue weighted by atomic mass is 9.85. The molecule has 0 aliphatic carbocycles. The maximum absolute atomic E-state index is 12.2. The van der Waals surface area contributed by atoms with Crippen molar-refractivity contribution in [3.8, 4) is 5.75 Å². The molecule has 0 aliphatic rings. The normalized spacial score (nSPS) is 11.2. The minimum absolute atomic E-state index is 0.0328. The summed E-state index contributed by atoms with van der Waals surface area (Å²) >= 11 is 0. The summed E-state index contributed by atoms with van der Waals surface area (Å²) in [5.74, 6) is 2.33. The summed E-state index contributed by atoms with van der Waals surface area (Å²) in [4.78, 5) is 12.2. The van der Waals surface area contributed by atoms with Crippen molar-refractivity contribution in [2.75, 3.05) is 13.7 Å². The molecule has 0 radical (unpaired) electrons. The number of hydrogen-bond acceptors (Lipinski definition) is 2. The molecule has 0 saturated carbocycles. The van der Waals surface area contributed by atoms with Crippen LogP contribution in [0.1, 0.15) is 43.6 Å². The number of carbonyl (C=O) groups is 1. The van der Waals surface area contributed by atoms with Crippen molar-refractivity contribution in [3.05, 3.63) is 29.3 Å². The standard InChI is InChI=1S/C17H27NO2/c1-11(2)15(12(3)4)10-18-17(19)14-8-7-13(5)16(9-14)20-6/h7-9,11-12,15H,10H2,1-6H3,(H,18,19). The van der Waals surface area contributed by atoms with Gasteiger partial charge in [-0.15, -0.1) is 0 Å². The molecule has 0 fully saturated rings. The van der Waals surface area contributed by atoms with E-state index in [-0.39, 0.29) is 5.91 Å². The van der Waals surface area contributed by atoms with E-state index < -0.39 is 0 Å². The van der Waals surface area contributed by atoms with E-state index in [2.05, 4.69) is 33.0 Å². The first kappa shape index (κ1) is 16.5. The summed E-state index contributed by atoms with van der Waals surface area (Å²) in [7, 11) is 1.62. The van der Waals surface area contributed by atoms with Gasteiger partial charge in [0, 0.05) is 12.1 Å². The Morgan fingerprint density at radius 2 is 1.80 bits per heavy atom. The summed E-state index contributed by atoms with van der Waals surface area (Å²) in [6.07, 6.45) is 0. The van der Waals surface area contributed by atoms with Crippen LogP contribution in [0.15, 0.2) is 18.2 Å². The number of methoxy groups -OCH3 is 1. The molecule has 1 aromatic carbocycles. The Hall–Kier alpha value is -1.51. The van der Waals surface area contributed by atoms with Crippen LogP contribution in [-0.4, -0.2) is 19.6 Å². The van der Waals surface area contributed by atoms with Gasteiger partial charge in [0.1, 0.15) is 5.75 Å². The maximum atomic E-state index is 12.2. The number of hydrogen-bond donors (Lipinski definition) is 1. The Morgan fingerprint density at radius 3 is 2.30 bits per heavy atom.